The average Bonchev–Trinajstić information content (AvgIpc) is 3.33. The number of alkyl halides is 3. The number of benzene rings is 1. The molecule has 4 rings (SSSR count). The highest BCUT2D eigenvalue weighted by Gasteiger charge is 2.41. The van der Waals surface area contributed by atoms with Crippen LogP contribution in [0.4, 0.5) is 13.2 Å². The summed E-state index contributed by atoms with van der Waals surface area (Å²) in [6.07, 6.45) is -3.06. The zero-order valence-corrected chi connectivity index (χ0v) is 17.6. The lowest BCUT2D eigenvalue weighted by Crippen LogP contribution is -2.50. The molecular weight excluding hydrogens is 409 g/mol. The Balaban J connectivity index is 1.41. The predicted octanol–water partition coefficient (Wildman–Crippen LogP) is 2.10. The molecule has 1 aromatic heterocycles. The van der Waals surface area contributed by atoms with Crippen LogP contribution in [0.3, 0.4) is 0 Å². The topological polar surface area (TPSA) is 57.9 Å². The number of nitrogens with zero attached hydrogens (tertiary/aromatic N) is 5. The maximum Gasteiger partial charge on any atom is 0.435 e. The molecule has 10 heteroatoms. The molecule has 2 aromatic rings. The van der Waals surface area contributed by atoms with Gasteiger partial charge >= 0.3 is 6.18 Å². The molecule has 168 valence electrons. The zero-order chi connectivity index (χ0) is 22.0. The number of halogens is 3. The second-order valence-electron chi connectivity index (χ2n) is 7.91. The smallest absolute Gasteiger partial charge is 0.373 e. The maximum absolute atomic E-state index is 13.2. The molecule has 0 bridgehead atoms. The van der Waals surface area contributed by atoms with Gasteiger partial charge < -0.3 is 15.0 Å². The fraction of sp³-hybridized carbons (Fsp3) is 0.524. The number of morpholine rings is 1. The fourth-order valence-corrected chi connectivity index (χ4v) is 4.36. The highest BCUT2D eigenvalue weighted by Crippen LogP contribution is 2.30. The van der Waals surface area contributed by atoms with Crippen molar-refractivity contribution in [1.82, 2.24) is 24.9 Å². The van der Waals surface area contributed by atoms with Gasteiger partial charge in [0, 0.05) is 58.6 Å². The summed E-state index contributed by atoms with van der Waals surface area (Å²) >= 11 is 0. The minimum atomic E-state index is -4.49. The summed E-state index contributed by atoms with van der Waals surface area (Å²) in [5.41, 5.74) is 0.473. The Morgan fingerprint density at radius 1 is 1.26 bits per heavy atom. The van der Waals surface area contributed by atoms with Crippen LogP contribution in [0.15, 0.2) is 41.5 Å². The Morgan fingerprint density at radius 3 is 2.74 bits per heavy atom. The van der Waals surface area contributed by atoms with Crippen molar-refractivity contribution in [2.45, 2.75) is 31.4 Å². The lowest BCUT2D eigenvalue weighted by molar-refractivity contribution is -0.142. The van der Waals surface area contributed by atoms with E-state index in [4.69, 9.17) is 4.74 Å². The number of aromatic nitrogens is 2. The van der Waals surface area contributed by atoms with E-state index >= 15 is 0 Å². The molecule has 2 unspecified atom stereocenters. The molecule has 0 aliphatic carbocycles. The molecular formula is C21H27F3N6O. The highest BCUT2D eigenvalue weighted by molar-refractivity contribution is 5.80. The van der Waals surface area contributed by atoms with Crippen LogP contribution in [0.25, 0.3) is 0 Å². The van der Waals surface area contributed by atoms with Crippen LogP contribution in [-0.4, -0.2) is 71.0 Å². The largest absolute Gasteiger partial charge is 0.435 e. The van der Waals surface area contributed by atoms with Gasteiger partial charge in [-0.15, -0.1) is 0 Å². The predicted molar refractivity (Wildman–Crippen MR) is 110 cm³/mol. The van der Waals surface area contributed by atoms with E-state index in [1.165, 1.54) is 23.5 Å². The minimum Gasteiger partial charge on any atom is -0.373 e. The molecule has 3 heterocycles. The number of ether oxygens (including phenoxy) is 1. The molecule has 2 atom stereocenters. The summed E-state index contributed by atoms with van der Waals surface area (Å²) in [6.45, 7) is 3.70. The molecule has 0 amide bonds. The SMILES string of the molecule is CN=C(NCc1cn(C)nc1C(F)(F)F)N1CC2OCCN(Cc3ccccc3)C2C1. The monoisotopic (exact) mass is 436 g/mol. The number of aryl methyl sites for hydroxylation is 1. The zero-order valence-electron chi connectivity index (χ0n) is 17.6. The van der Waals surface area contributed by atoms with Gasteiger partial charge in [0.05, 0.1) is 18.8 Å². The third-order valence-corrected chi connectivity index (χ3v) is 5.77. The molecule has 2 aliphatic heterocycles. The summed E-state index contributed by atoms with van der Waals surface area (Å²) < 4.78 is 46.9. The van der Waals surface area contributed by atoms with Gasteiger partial charge in [0.2, 0.25) is 0 Å². The van der Waals surface area contributed by atoms with Crippen molar-refractivity contribution < 1.29 is 17.9 Å². The molecule has 0 radical (unpaired) electrons. The van der Waals surface area contributed by atoms with E-state index in [9.17, 15) is 13.2 Å². The van der Waals surface area contributed by atoms with Crippen LogP contribution >= 0.6 is 0 Å². The van der Waals surface area contributed by atoms with Crippen molar-refractivity contribution in [3.63, 3.8) is 0 Å². The summed E-state index contributed by atoms with van der Waals surface area (Å²) in [7, 11) is 3.12. The fourth-order valence-electron chi connectivity index (χ4n) is 4.36. The molecule has 31 heavy (non-hydrogen) atoms. The van der Waals surface area contributed by atoms with Gasteiger partial charge in [-0.25, -0.2) is 0 Å². The van der Waals surface area contributed by atoms with Crippen molar-refractivity contribution >= 4 is 5.96 Å². The van der Waals surface area contributed by atoms with Crippen LogP contribution in [-0.2, 0) is 31.1 Å². The van der Waals surface area contributed by atoms with E-state index in [0.29, 0.717) is 25.7 Å². The molecule has 0 spiro atoms. The van der Waals surface area contributed by atoms with Gasteiger partial charge in [-0.05, 0) is 5.56 Å². The minimum absolute atomic E-state index is 0.00419. The lowest BCUT2D eigenvalue weighted by atomic mass is 10.1. The Kier molecular flexibility index (Phi) is 6.19. The van der Waals surface area contributed by atoms with E-state index in [0.717, 1.165) is 13.1 Å². The van der Waals surface area contributed by atoms with Gasteiger partial charge in [-0.3, -0.25) is 14.6 Å². The number of likely N-dealkylation sites (tertiary alicyclic amines) is 1. The second kappa shape index (κ2) is 8.88. The summed E-state index contributed by atoms with van der Waals surface area (Å²) in [5.74, 6) is 0.564. The number of rotatable bonds is 4. The third-order valence-electron chi connectivity index (χ3n) is 5.77. The molecule has 2 saturated heterocycles. The number of hydrogen-bond donors (Lipinski definition) is 1. The Bertz CT molecular complexity index is 914. The first-order chi connectivity index (χ1) is 14.8. The highest BCUT2D eigenvalue weighted by atomic mass is 19.4. The van der Waals surface area contributed by atoms with E-state index in [-0.39, 0.29) is 24.3 Å². The third kappa shape index (κ3) is 4.85. The number of guanidine groups is 1. The average molecular weight is 436 g/mol. The number of fused-ring (bicyclic) bond motifs is 1. The quantitative estimate of drug-likeness (QED) is 0.588. The van der Waals surface area contributed by atoms with Crippen LogP contribution in [0.5, 0.6) is 0 Å². The van der Waals surface area contributed by atoms with Crippen LogP contribution in [0.2, 0.25) is 0 Å². The van der Waals surface area contributed by atoms with Gasteiger partial charge in [-0.1, -0.05) is 30.3 Å². The Morgan fingerprint density at radius 2 is 2.03 bits per heavy atom. The van der Waals surface area contributed by atoms with Crippen molar-refractivity contribution in [3.8, 4) is 0 Å². The maximum atomic E-state index is 13.2. The number of hydrogen-bond acceptors (Lipinski definition) is 4. The number of nitrogens with one attached hydrogen (secondary N) is 1. The second-order valence-corrected chi connectivity index (χ2v) is 7.91. The normalized spacial score (nSPS) is 22.6. The summed E-state index contributed by atoms with van der Waals surface area (Å²) in [5, 5.41) is 6.64. The van der Waals surface area contributed by atoms with Crippen molar-refractivity contribution in [2.24, 2.45) is 12.0 Å². The van der Waals surface area contributed by atoms with Crippen LogP contribution in [0.1, 0.15) is 16.8 Å². The molecule has 2 fully saturated rings. The molecule has 2 aliphatic rings. The van der Waals surface area contributed by atoms with Gasteiger partial charge in [-0.2, -0.15) is 18.3 Å². The van der Waals surface area contributed by atoms with E-state index in [1.807, 2.05) is 18.2 Å². The first-order valence-electron chi connectivity index (χ1n) is 10.3. The van der Waals surface area contributed by atoms with Gasteiger partial charge in [0.25, 0.3) is 0 Å². The Hall–Kier alpha value is -2.59. The van der Waals surface area contributed by atoms with Gasteiger partial charge in [0.15, 0.2) is 11.7 Å². The number of aliphatic imine (C=N–C) groups is 1. The molecule has 7 nitrogen and oxygen atoms in total. The van der Waals surface area contributed by atoms with E-state index in [2.05, 4.69) is 37.3 Å². The van der Waals surface area contributed by atoms with Crippen molar-refractivity contribution in [3.05, 3.63) is 53.3 Å². The molecule has 1 aromatic carbocycles. The molecule has 0 saturated carbocycles. The first-order valence-corrected chi connectivity index (χ1v) is 10.3. The first kappa shape index (κ1) is 21.6. The van der Waals surface area contributed by atoms with Crippen LogP contribution < -0.4 is 5.32 Å². The van der Waals surface area contributed by atoms with Crippen molar-refractivity contribution in [1.29, 1.82) is 0 Å². The summed E-state index contributed by atoms with van der Waals surface area (Å²) in [4.78, 5) is 8.77. The van der Waals surface area contributed by atoms with Crippen molar-refractivity contribution in [2.75, 3.05) is 33.3 Å². The summed E-state index contributed by atoms with van der Waals surface area (Å²) in [6, 6.07) is 10.5. The Labute approximate surface area is 179 Å². The van der Waals surface area contributed by atoms with E-state index in [1.54, 1.807) is 7.05 Å². The van der Waals surface area contributed by atoms with Crippen LogP contribution in [0, 0.1) is 0 Å². The lowest BCUT2D eigenvalue weighted by Gasteiger charge is -2.36. The van der Waals surface area contributed by atoms with E-state index < -0.39 is 11.9 Å². The van der Waals surface area contributed by atoms with Gasteiger partial charge in [0.1, 0.15) is 0 Å². The molecule has 1 N–H and O–H groups in total. The standard InChI is InChI=1S/C21H27F3N6O/c1-25-20(26-10-16-12-28(2)27-19(16)21(22,23)24)30-13-17-18(14-30)31-9-8-29(17)11-15-6-4-3-5-7-15/h3-7,12,17-18H,8-11,13-14H2,1-2H3,(H,25,26).